The number of primary amides is 1. The highest BCUT2D eigenvalue weighted by Gasteiger charge is 2.43. The fraction of sp³-hybridized carbons (Fsp3) is 0.551. The number of benzene rings is 3. The Bertz CT molecular complexity index is 4460. The number of nitrogens with zero attached hydrogens (tertiary/aromatic N) is 6. The molecule has 6 aliphatic rings. The summed E-state index contributed by atoms with van der Waals surface area (Å²) in [6, 6.07) is 17.6. The number of aromatic nitrogens is 1. The number of ketones is 2. The zero-order valence-electron chi connectivity index (χ0n) is 71.5. The normalized spacial score (nSPS) is 17.4. The van der Waals surface area contributed by atoms with Crippen LogP contribution in [0.15, 0.2) is 84.9 Å². The van der Waals surface area contributed by atoms with Gasteiger partial charge >= 0.3 is 12.1 Å². The molecule has 35 nitrogen and oxygen atoms in total. The molecule has 0 radical (unpaired) electrons. The number of Topliss-reactive ketones (excluding diaryl/α,β-unsaturated/α-hetero) is 2. The Morgan fingerprint density at radius 1 is 0.734 bits per heavy atom. The van der Waals surface area contributed by atoms with Gasteiger partial charge in [0.1, 0.15) is 42.6 Å². The van der Waals surface area contributed by atoms with Crippen LogP contribution in [-0.4, -0.2) is 259 Å². The Labute approximate surface area is 722 Å². The maximum absolute atomic E-state index is 14.1. The molecule has 2 unspecified atom stereocenters. The molecule has 124 heavy (non-hydrogen) atoms. The number of anilines is 5. The van der Waals surface area contributed by atoms with Crippen molar-refractivity contribution in [2.45, 2.75) is 179 Å². The first-order chi connectivity index (χ1) is 59.9. The number of imide groups is 2. The quantitative estimate of drug-likeness (QED) is 0.0137. The summed E-state index contributed by atoms with van der Waals surface area (Å²) in [5.74, 6) is 3.23. The van der Waals surface area contributed by atoms with Crippen LogP contribution in [0.1, 0.15) is 167 Å². The molecule has 9 N–H and O–H groups in total. The molecule has 10 rings (SSSR count). The molecule has 12 amide bonds. The summed E-state index contributed by atoms with van der Waals surface area (Å²) in [6.07, 6.45) is 9.79. The Balaban J connectivity index is 0.656. The molecule has 0 bridgehead atoms. The summed E-state index contributed by atoms with van der Waals surface area (Å²) in [5.41, 5.74) is 9.77. The minimum Gasteiger partial charge on any atom is -0.495 e. The van der Waals surface area contributed by atoms with Crippen LogP contribution in [0, 0.1) is 23.7 Å². The van der Waals surface area contributed by atoms with E-state index in [-0.39, 0.29) is 163 Å². The number of likely N-dealkylation sites (tertiary alicyclic amines) is 1. The first-order valence-electron chi connectivity index (χ1n) is 43.0. The van der Waals surface area contributed by atoms with Crippen molar-refractivity contribution in [3.63, 3.8) is 0 Å². The Morgan fingerprint density at radius 2 is 1.43 bits per heavy atom. The van der Waals surface area contributed by atoms with E-state index >= 15 is 0 Å². The monoisotopic (exact) mass is 1720 g/mol. The smallest absolute Gasteiger partial charge is 0.407 e. The first kappa shape index (κ1) is 95.0. The Morgan fingerprint density at radius 3 is 2.10 bits per heavy atom. The van der Waals surface area contributed by atoms with E-state index in [9.17, 15) is 62.3 Å². The molecule has 0 spiro atoms. The topological polar surface area (TPSA) is 435 Å². The number of alkyl carbamates (subject to hydrolysis) is 1. The molecule has 5 atom stereocenters. The van der Waals surface area contributed by atoms with Crippen molar-refractivity contribution in [2.75, 3.05) is 147 Å². The maximum atomic E-state index is 14.1. The predicted molar refractivity (Wildman–Crippen MR) is 457 cm³/mol. The zero-order chi connectivity index (χ0) is 88.4. The van der Waals surface area contributed by atoms with Crippen LogP contribution in [0.2, 0.25) is 0 Å². The van der Waals surface area contributed by atoms with E-state index in [4.69, 9.17) is 48.6 Å². The lowest BCUT2D eigenvalue weighted by Crippen LogP contribution is -2.55. The Hall–Kier alpha value is -11.3. The van der Waals surface area contributed by atoms with Crippen molar-refractivity contribution in [3.05, 3.63) is 113 Å². The second-order valence-electron chi connectivity index (χ2n) is 31.7. The second kappa shape index (κ2) is 48.7. The second-order valence-corrected chi connectivity index (χ2v) is 31.7. The van der Waals surface area contributed by atoms with Gasteiger partial charge in [-0.1, -0.05) is 63.7 Å². The molecular formula is C89H118N14O21. The summed E-state index contributed by atoms with van der Waals surface area (Å²) in [6.45, 7) is 10.6. The summed E-state index contributed by atoms with van der Waals surface area (Å²) in [5, 5.41) is 20.1. The molecule has 1 aromatic heterocycles. The molecule has 2 saturated heterocycles. The van der Waals surface area contributed by atoms with Gasteiger partial charge in [-0.2, -0.15) is 0 Å². The summed E-state index contributed by atoms with van der Waals surface area (Å²) in [7, 11) is 3.34. The third-order valence-corrected chi connectivity index (χ3v) is 22.6. The number of fused-ring (bicyclic) bond motifs is 2. The van der Waals surface area contributed by atoms with Crippen LogP contribution >= 0.6 is 0 Å². The minimum absolute atomic E-state index is 0.0386. The number of hydrogen-bond donors (Lipinski definition) is 8. The summed E-state index contributed by atoms with van der Waals surface area (Å²) >= 11 is 0. The third-order valence-electron chi connectivity index (χ3n) is 22.6. The first-order valence-corrected chi connectivity index (χ1v) is 43.0. The number of nitrogens with one attached hydrogen (secondary N) is 7. The van der Waals surface area contributed by atoms with E-state index in [0.717, 1.165) is 42.1 Å². The van der Waals surface area contributed by atoms with Crippen LogP contribution in [0.5, 0.6) is 5.75 Å². The Kier molecular flexibility index (Phi) is 37.3. The van der Waals surface area contributed by atoms with E-state index < -0.39 is 65.7 Å². The van der Waals surface area contributed by atoms with E-state index in [1.807, 2.05) is 19.1 Å². The van der Waals surface area contributed by atoms with Crippen molar-refractivity contribution in [2.24, 2.45) is 17.6 Å². The number of hydrogen-bond acceptors (Lipinski definition) is 25. The van der Waals surface area contributed by atoms with Crippen LogP contribution in [-0.2, 0) is 89.5 Å². The lowest BCUT2D eigenvalue weighted by molar-refractivity contribution is -0.138. The third kappa shape index (κ3) is 28.4. The fourth-order valence-corrected chi connectivity index (χ4v) is 15.8. The van der Waals surface area contributed by atoms with Gasteiger partial charge in [-0.3, -0.25) is 63.0 Å². The average molecular weight is 1720 g/mol. The lowest BCUT2D eigenvalue weighted by atomic mass is 9.89. The predicted octanol–water partition coefficient (Wildman–Crippen LogP) is 6.29. The van der Waals surface area contributed by atoms with E-state index in [2.05, 4.69) is 58.9 Å². The van der Waals surface area contributed by atoms with E-state index in [0.29, 0.717) is 155 Å². The molecule has 1 aliphatic carbocycles. The fourth-order valence-electron chi connectivity index (χ4n) is 15.8. The van der Waals surface area contributed by atoms with Gasteiger partial charge in [0.25, 0.3) is 23.6 Å². The number of ether oxygens (including phenoxy) is 8. The van der Waals surface area contributed by atoms with Gasteiger partial charge in [-0.25, -0.2) is 14.6 Å². The average Bonchev–Trinajstić information content (AvgIpc) is 1.11. The number of rotatable bonds is 50. The van der Waals surface area contributed by atoms with Crippen molar-refractivity contribution in [1.29, 1.82) is 0 Å². The van der Waals surface area contributed by atoms with Gasteiger partial charge < -0.3 is 95.1 Å². The van der Waals surface area contributed by atoms with Crippen LogP contribution in [0.4, 0.5) is 38.3 Å². The number of carbonyl (C=O) groups excluding carboxylic acids is 13. The highest BCUT2D eigenvalue weighted by atomic mass is 16.6. The number of amides is 12. The molecule has 3 fully saturated rings. The molecular weight excluding hydrogens is 1600 g/mol. The number of methoxy groups -OCH3 is 1. The van der Waals surface area contributed by atoms with Gasteiger partial charge in [0.2, 0.25) is 29.5 Å². The summed E-state index contributed by atoms with van der Waals surface area (Å²) in [4.78, 5) is 181. The minimum atomic E-state index is -0.923. The van der Waals surface area contributed by atoms with Crippen molar-refractivity contribution in [1.82, 2.24) is 46.3 Å². The van der Waals surface area contributed by atoms with E-state index in [1.165, 1.54) is 17.1 Å². The zero-order valence-corrected chi connectivity index (χ0v) is 71.5. The number of nitrogens with two attached hydrogens (primary N) is 1. The van der Waals surface area contributed by atoms with Crippen LogP contribution in [0.3, 0.4) is 0 Å². The van der Waals surface area contributed by atoms with Crippen LogP contribution < -0.4 is 57.5 Å². The number of likely N-dealkylation sites (N-methyl/N-ethyl adjacent to an activating group) is 1. The lowest BCUT2D eigenvalue weighted by Gasteiger charge is -2.43. The number of urea groups is 1. The van der Waals surface area contributed by atoms with Crippen LogP contribution in [0.25, 0.3) is 0 Å². The highest BCUT2D eigenvalue weighted by molar-refractivity contribution is 6.13. The number of piperidine rings is 2. The summed E-state index contributed by atoms with van der Waals surface area (Å²) < 4.78 is 45.4. The number of carbonyl (C=O) groups is 13. The SMILES string of the molecule is CC[C@@H]1C(=O)N(C)c2ccc(Nc3ccc(C(=O)NC4CCN(CCC(COCC#Cc5cccc6c5CN(C5CCC(=O)NC5=O)C6=O)NC(=O)OCc5ccc(NC(=O)[C@H](CCCNC(N)=O)CC(=O)[C@@H](NC(=O)CCOCCOCCOCCOCCOCCCC(=O)CCN6C(=O)C=CC6=O)C(C)C)cc5)CC4)cc3OC)nc2N1C1CCCC1. The largest absolute Gasteiger partial charge is 0.495 e. The van der Waals surface area contributed by atoms with Crippen molar-refractivity contribution >= 4 is 106 Å². The van der Waals surface area contributed by atoms with Gasteiger partial charge in [0, 0.05) is 138 Å². The van der Waals surface area contributed by atoms with Gasteiger partial charge in [0.05, 0.1) is 96.6 Å². The highest BCUT2D eigenvalue weighted by Crippen LogP contribution is 2.42. The van der Waals surface area contributed by atoms with E-state index in [1.54, 1.807) is 93.6 Å². The molecule has 35 heteroatoms. The molecule has 4 aromatic rings. The molecule has 5 aliphatic heterocycles. The van der Waals surface area contributed by atoms with Gasteiger partial charge in [-0.05, 0) is 136 Å². The van der Waals surface area contributed by atoms with Gasteiger partial charge in [-0.15, -0.1) is 0 Å². The maximum Gasteiger partial charge on any atom is 0.407 e. The van der Waals surface area contributed by atoms with Crippen molar-refractivity contribution < 1.29 is 100 Å². The number of pyridine rings is 1. The molecule has 1 saturated carbocycles. The van der Waals surface area contributed by atoms with Gasteiger partial charge in [0.15, 0.2) is 11.6 Å². The van der Waals surface area contributed by atoms with Crippen molar-refractivity contribution in [3.8, 4) is 17.6 Å². The molecule has 3 aromatic carbocycles. The molecule has 6 heterocycles. The molecule has 670 valence electrons. The standard InChI is InChI=1S/C89H118N14O21/c1-6-71-87(114)99(4)72-26-28-76(96-82(72)103(71)66-16-7-8-17-66)95-70-25-22-62(54-75(70)117-5)84(111)93-64-32-38-100(39-33-64)40-34-65(57-123-43-11-15-60-13-9-19-68-69(60)55-102(86(68)113)73-27-29-77(106)98-85(73)112)94-89(116)124-56-59-20-23-63(24-21-59)92-83(110)61(14-10-37-91-88(90)115)53-74(105)81(58(2)3)97-78(107)36-44-119-46-48-121-50-52-122-51-49-120-47-45-118-42-12-18-67(104)35-41-101-79(108)30-31-80(101)109/h9,13,19-26,28,30-31,54,58,61,64-66,71,73,81H,6-8,10,12,14,16-18,27,29,32-53,55-57H2,1-5H3,(H,92,110)(H,93,111)(H,94,116)(H,95,96)(H,97,107)(H3,90,91,115)(H,98,106,112)/t61-,65?,71-,73?,81+/m1/s1.